The zero-order valence-corrected chi connectivity index (χ0v) is 12.0. The summed E-state index contributed by atoms with van der Waals surface area (Å²) in [6, 6.07) is 6.82. The molecule has 6 nitrogen and oxygen atoms in total. The molecule has 1 aliphatic rings. The standard InChI is InChI=1S/C16H15NO5/c1-20-16(19)6-11(10-3-2-4-17-8-10)12-5-14-15(7-13(12)18)22-9-21-14/h2-5,7-8,11,18H,6,9H2,1H3. The van der Waals surface area contributed by atoms with Crippen molar-refractivity contribution in [2.24, 2.45) is 0 Å². The first kappa shape index (κ1) is 14.2. The van der Waals surface area contributed by atoms with Gasteiger partial charge in [0.1, 0.15) is 5.75 Å². The molecule has 1 unspecified atom stereocenters. The minimum atomic E-state index is -0.379. The number of aromatic nitrogens is 1. The molecule has 1 N–H and O–H groups in total. The van der Waals surface area contributed by atoms with Crippen molar-refractivity contribution in [3.63, 3.8) is 0 Å². The molecule has 0 fully saturated rings. The molecular weight excluding hydrogens is 286 g/mol. The Balaban J connectivity index is 2.04. The molecule has 2 aromatic rings. The van der Waals surface area contributed by atoms with Gasteiger partial charge in [0.2, 0.25) is 6.79 Å². The van der Waals surface area contributed by atoms with E-state index in [-0.39, 0.29) is 30.9 Å². The van der Waals surface area contributed by atoms with Crippen LogP contribution in [0.4, 0.5) is 0 Å². The van der Waals surface area contributed by atoms with Crippen LogP contribution in [-0.4, -0.2) is 30.0 Å². The van der Waals surface area contributed by atoms with Gasteiger partial charge in [-0.2, -0.15) is 0 Å². The van der Waals surface area contributed by atoms with Gasteiger partial charge >= 0.3 is 5.97 Å². The highest BCUT2D eigenvalue weighted by atomic mass is 16.7. The maximum atomic E-state index is 11.7. The summed E-state index contributed by atoms with van der Waals surface area (Å²) in [5, 5.41) is 10.3. The number of carbonyl (C=O) groups excluding carboxylic acids is 1. The van der Waals surface area contributed by atoms with Gasteiger partial charge in [-0.3, -0.25) is 9.78 Å². The summed E-state index contributed by atoms with van der Waals surface area (Å²) < 4.78 is 15.3. The van der Waals surface area contributed by atoms with E-state index in [1.807, 2.05) is 6.07 Å². The molecule has 3 rings (SSSR count). The van der Waals surface area contributed by atoms with E-state index in [4.69, 9.17) is 14.2 Å². The van der Waals surface area contributed by atoms with Crippen LogP contribution in [0.3, 0.4) is 0 Å². The first-order chi connectivity index (χ1) is 10.7. The third-order valence-corrected chi connectivity index (χ3v) is 3.58. The number of pyridine rings is 1. The van der Waals surface area contributed by atoms with Crippen molar-refractivity contribution in [1.29, 1.82) is 0 Å². The predicted molar refractivity (Wildman–Crippen MR) is 76.9 cm³/mol. The number of nitrogens with zero attached hydrogens (tertiary/aromatic N) is 1. The first-order valence-corrected chi connectivity index (χ1v) is 6.78. The van der Waals surface area contributed by atoms with Crippen LogP contribution in [-0.2, 0) is 9.53 Å². The van der Waals surface area contributed by atoms with E-state index in [1.54, 1.807) is 24.5 Å². The van der Waals surface area contributed by atoms with Gasteiger partial charge in [0.15, 0.2) is 11.5 Å². The van der Waals surface area contributed by atoms with E-state index < -0.39 is 0 Å². The number of hydrogen-bond acceptors (Lipinski definition) is 6. The van der Waals surface area contributed by atoms with Crippen LogP contribution >= 0.6 is 0 Å². The summed E-state index contributed by atoms with van der Waals surface area (Å²) in [6.45, 7) is 0.118. The molecule has 0 aliphatic carbocycles. The van der Waals surface area contributed by atoms with Crippen LogP contribution < -0.4 is 9.47 Å². The fourth-order valence-electron chi connectivity index (χ4n) is 2.47. The van der Waals surface area contributed by atoms with Gasteiger partial charge in [0.05, 0.1) is 13.5 Å². The van der Waals surface area contributed by atoms with Crippen molar-refractivity contribution in [1.82, 2.24) is 4.98 Å². The van der Waals surface area contributed by atoms with Crippen molar-refractivity contribution < 1.29 is 24.1 Å². The highest BCUT2D eigenvalue weighted by molar-refractivity contribution is 5.72. The third-order valence-electron chi connectivity index (χ3n) is 3.58. The Morgan fingerprint density at radius 1 is 1.41 bits per heavy atom. The SMILES string of the molecule is COC(=O)CC(c1cccnc1)c1cc2c(cc1O)OCO2. The number of aromatic hydroxyl groups is 1. The van der Waals surface area contributed by atoms with Gasteiger partial charge < -0.3 is 19.3 Å². The summed E-state index contributed by atoms with van der Waals surface area (Å²) in [5.41, 5.74) is 1.38. The first-order valence-electron chi connectivity index (χ1n) is 6.78. The summed E-state index contributed by atoms with van der Waals surface area (Å²) in [4.78, 5) is 15.8. The van der Waals surface area contributed by atoms with Gasteiger partial charge in [0.25, 0.3) is 0 Å². The molecule has 6 heteroatoms. The third kappa shape index (κ3) is 2.67. The Labute approximate surface area is 127 Å². The number of carbonyl (C=O) groups is 1. The second-order valence-corrected chi connectivity index (χ2v) is 4.88. The van der Waals surface area contributed by atoms with E-state index in [0.29, 0.717) is 17.1 Å². The van der Waals surface area contributed by atoms with Crippen molar-refractivity contribution in [2.45, 2.75) is 12.3 Å². The summed E-state index contributed by atoms with van der Waals surface area (Å²) in [7, 11) is 1.34. The average molecular weight is 301 g/mol. The highest BCUT2D eigenvalue weighted by Gasteiger charge is 2.25. The lowest BCUT2D eigenvalue weighted by atomic mass is 9.88. The van der Waals surface area contributed by atoms with Crippen LogP contribution in [0.15, 0.2) is 36.7 Å². The maximum absolute atomic E-state index is 11.7. The van der Waals surface area contributed by atoms with Crippen LogP contribution in [0.1, 0.15) is 23.5 Å². The molecule has 0 saturated carbocycles. The zero-order valence-electron chi connectivity index (χ0n) is 12.0. The molecule has 0 amide bonds. The van der Waals surface area contributed by atoms with Crippen molar-refractivity contribution in [2.75, 3.05) is 13.9 Å². The number of fused-ring (bicyclic) bond motifs is 1. The number of ether oxygens (including phenoxy) is 3. The van der Waals surface area contributed by atoms with Gasteiger partial charge in [-0.25, -0.2) is 0 Å². The number of rotatable bonds is 4. The molecule has 1 aliphatic heterocycles. The summed E-state index contributed by atoms with van der Waals surface area (Å²) >= 11 is 0. The van der Waals surface area contributed by atoms with E-state index in [1.165, 1.54) is 13.2 Å². The molecule has 1 atom stereocenters. The van der Waals surface area contributed by atoms with Gasteiger partial charge in [-0.15, -0.1) is 0 Å². The van der Waals surface area contributed by atoms with E-state index in [9.17, 15) is 9.90 Å². The molecule has 22 heavy (non-hydrogen) atoms. The number of benzene rings is 1. The minimum absolute atomic E-state index is 0.0435. The quantitative estimate of drug-likeness (QED) is 0.872. The minimum Gasteiger partial charge on any atom is -0.508 e. The molecule has 2 heterocycles. The highest BCUT2D eigenvalue weighted by Crippen LogP contribution is 2.42. The van der Waals surface area contributed by atoms with E-state index in [0.717, 1.165) is 5.56 Å². The largest absolute Gasteiger partial charge is 0.508 e. The van der Waals surface area contributed by atoms with Crippen LogP contribution in [0, 0.1) is 0 Å². The topological polar surface area (TPSA) is 77.9 Å². The van der Waals surface area contributed by atoms with Crippen LogP contribution in [0.5, 0.6) is 17.2 Å². The Morgan fingerprint density at radius 3 is 2.86 bits per heavy atom. The van der Waals surface area contributed by atoms with E-state index >= 15 is 0 Å². The smallest absolute Gasteiger partial charge is 0.306 e. The van der Waals surface area contributed by atoms with Gasteiger partial charge in [-0.1, -0.05) is 6.07 Å². The normalized spacial score (nSPS) is 13.7. The second-order valence-electron chi connectivity index (χ2n) is 4.88. The molecule has 0 saturated heterocycles. The number of phenolic OH excluding ortho intramolecular Hbond substituents is 1. The lowest BCUT2D eigenvalue weighted by Crippen LogP contribution is -2.10. The Kier molecular flexibility index (Phi) is 3.82. The zero-order chi connectivity index (χ0) is 15.5. The predicted octanol–water partition coefficient (Wildman–Crippen LogP) is 2.21. The number of hydrogen-bond donors (Lipinski definition) is 1. The van der Waals surface area contributed by atoms with E-state index in [2.05, 4.69) is 4.98 Å². The molecule has 0 spiro atoms. The molecule has 0 bridgehead atoms. The van der Waals surface area contributed by atoms with Gasteiger partial charge in [0, 0.05) is 29.9 Å². The Hall–Kier alpha value is -2.76. The second kappa shape index (κ2) is 5.93. The summed E-state index contributed by atoms with van der Waals surface area (Å²) in [5.74, 6) is 0.333. The van der Waals surface area contributed by atoms with Gasteiger partial charge in [-0.05, 0) is 17.7 Å². The average Bonchev–Trinajstić information content (AvgIpc) is 2.99. The molecule has 1 aromatic carbocycles. The van der Waals surface area contributed by atoms with Crippen LogP contribution in [0.2, 0.25) is 0 Å². The summed E-state index contributed by atoms with van der Waals surface area (Å²) in [6.07, 6.45) is 3.41. The fourth-order valence-corrected chi connectivity index (χ4v) is 2.47. The fraction of sp³-hybridized carbons (Fsp3) is 0.250. The molecule has 0 radical (unpaired) electrons. The lowest BCUT2D eigenvalue weighted by Gasteiger charge is -2.18. The number of esters is 1. The maximum Gasteiger partial charge on any atom is 0.306 e. The lowest BCUT2D eigenvalue weighted by molar-refractivity contribution is -0.140. The molecule has 1 aromatic heterocycles. The number of phenols is 1. The van der Waals surface area contributed by atoms with Crippen molar-refractivity contribution in [3.8, 4) is 17.2 Å². The Bertz CT molecular complexity index is 686. The molecule has 114 valence electrons. The number of methoxy groups -OCH3 is 1. The van der Waals surface area contributed by atoms with Crippen molar-refractivity contribution in [3.05, 3.63) is 47.8 Å². The molecular formula is C16H15NO5. The van der Waals surface area contributed by atoms with Crippen molar-refractivity contribution >= 4 is 5.97 Å². The Morgan fingerprint density at radius 2 is 2.18 bits per heavy atom. The monoisotopic (exact) mass is 301 g/mol. The van der Waals surface area contributed by atoms with Crippen LogP contribution in [0.25, 0.3) is 0 Å².